The molecule has 4 nitrogen and oxygen atoms in total. The molecule has 2 aromatic rings. The first-order valence-corrected chi connectivity index (χ1v) is 7.57. The van der Waals surface area contributed by atoms with Gasteiger partial charge < -0.3 is 9.26 Å². The molecule has 0 spiro atoms. The van der Waals surface area contributed by atoms with Gasteiger partial charge >= 0.3 is 0 Å². The van der Waals surface area contributed by atoms with E-state index in [9.17, 15) is 0 Å². The van der Waals surface area contributed by atoms with E-state index in [0.717, 1.165) is 48.3 Å². The van der Waals surface area contributed by atoms with Crippen LogP contribution in [0.15, 0.2) is 34.9 Å². The second-order valence-electron chi connectivity index (χ2n) is 5.89. The molecule has 2 heterocycles. The minimum atomic E-state index is 0.780. The highest BCUT2D eigenvalue weighted by atomic mass is 16.5. The Kier molecular flexibility index (Phi) is 4.25. The number of hydrogen-bond donors (Lipinski definition) is 0. The standard InChI is InChI=1S/C17H22N2O2/c1-13-4-3-9-19(11-13)12-16-10-17(18-21-16)14-5-7-15(20-2)8-6-14/h5-8,10,13H,3-4,9,11-12H2,1-2H3/t13-/m1/s1. The third kappa shape index (κ3) is 3.45. The van der Waals surface area contributed by atoms with Crippen LogP contribution in [0.2, 0.25) is 0 Å². The molecule has 0 saturated carbocycles. The molecule has 1 aliphatic heterocycles. The first-order valence-electron chi connectivity index (χ1n) is 7.57. The smallest absolute Gasteiger partial charge is 0.151 e. The summed E-state index contributed by atoms with van der Waals surface area (Å²) in [7, 11) is 1.67. The molecule has 1 atom stereocenters. The lowest BCUT2D eigenvalue weighted by atomic mass is 10.0. The van der Waals surface area contributed by atoms with Crippen LogP contribution in [-0.4, -0.2) is 30.3 Å². The summed E-state index contributed by atoms with van der Waals surface area (Å²) in [5.41, 5.74) is 1.94. The van der Waals surface area contributed by atoms with E-state index < -0.39 is 0 Å². The van der Waals surface area contributed by atoms with E-state index in [2.05, 4.69) is 17.0 Å². The maximum absolute atomic E-state index is 5.49. The molecule has 1 saturated heterocycles. The highest BCUT2D eigenvalue weighted by Gasteiger charge is 2.18. The maximum atomic E-state index is 5.49. The number of aromatic nitrogens is 1. The van der Waals surface area contributed by atoms with Crippen LogP contribution >= 0.6 is 0 Å². The molecule has 0 unspecified atom stereocenters. The van der Waals surface area contributed by atoms with Crippen molar-refractivity contribution in [3.8, 4) is 17.0 Å². The highest BCUT2D eigenvalue weighted by molar-refractivity contribution is 5.59. The Morgan fingerprint density at radius 2 is 2.14 bits per heavy atom. The van der Waals surface area contributed by atoms with E-state index in [1.807, 2.05) is 30.3 Å². The zero-order valence-electron chi connectivity index (χ0n) is 12.7. The number of piperidine rings is 1. The molecule has 0 radical (unpaired) electrons. The monoisotopic (exact) mass is 286 g/mol. The summed E-state index contributed by atoms with van der Waals surface area (Å²) in [5.74, 6) is 2.57. The van der Waals surface area contributed by atoms with Gasteiger partial charge in [0.25, 0.3) is 0 Å². The van der Waals surface area contributed by atoms with E-state index in [1.165, 1.54) is 12.8 Å². The molecule has 1 aliphatic rings. The van der Waals surface area contributed by atoms with Crippen LogP contribution in [0.1, 0.15) is 25.5 Å². The number of likely N-dealkylation sites (tertiary alicyclic amines) is 1. The van der Waals surface area contributed by atoms with Gasteiger partial charge in [0.1, 0.15) is 11.4 Å². The number of hydrogen-bond acceptors (Lipinski definition) is 4. The van der Waals surface area contributed by atoms with Gasteiger partial charge in [0.15, 0.2) is 5.76 Å². The van der Waals surface area contributed by atoms with Gasteiger partial charge in [0, 0.05) is 18.2 Å². The van der Waals surface area contributed by atoms with Gasteiger partial charge in [-0.15, -0.1) is 0 Å². The van der Waals surface area contributed by atoms with Crippen molar-refractivity contribution in [1.29, 1.82) is 0 Å². The van der Waals surface area contributed by atoms with E-state index in [-0.39, 0.29) is 0 Å². The molecule has 0 N–H and O–H groups in total. The molecule has 0 aliphatic carbocycles. The number of methoxy groups -OCH3 is 1. The van der Waals surface area contributed by atoms with Crippen LogP contribution < -0.4 is 4.74 Å². The Bertz CT molecular complexity index is 577. The number of rotatable bonds is 4. The molecule has 1 aromatic carbocycles. The Hall–Kier alpha value is -1.81. The zero-order chi connectivity index (χ0) is 14.7. The van der Waals surface area contributed by atoms with Crippen molar-refractivity contribution < 1.29 is 9.26 Å². The number of benzene rings is 1. The van der Waals surface area contributed by atoms with Gasteiger partial charge in [-0.3, -0.25) is 4.90 Å². The molecule has 1 aromatic heterocycles. The summed E-state index contributed by atoms with van der Waals surface area (Å²) in [6.07, 6.45) is 2.62. The van der Waals surface area contributed by atoms with Crippen molar-refractivity contribution in [3.05, 3.63) is 36.1 Å². The third-order valence-corrected chi connectivity index (χ3v) is 4.07. The minimum Gasteiger partial charge on any atom is -0.497 e. The summed E-state index contributed by atoms with van der Waals surface area (Å²) >= 11 is 0. The summed E-state index contributed by atoms with van der Waals surface area (Å²) in [6.45, 7) is 5.48. The first kappa shape index (κ1) is 14.1. The van der Waals surface area contributed by atoms with Crippen molar-refractivity contribution in [1.82, 2.24) is 10.1 Å². The summed E-state index contributed by atoms with van der Waals surface area (Å²) in [5, 5.41) is 4.18. The van der Waals surface area contributed by atoms with E-state index in [1.54, 1.807) is 7.11 Å². The van der Waals surface area contributed by atoms with Crippen molar-refractivity contribution >= 4 is 0 Å². The van der Waals surface area contributed by atoms with Crippen molar-refractivity contribution in [2.45, 2.75) is 26.3 Å². The first-order chi connectivity index (χ1) is 10.2. The van der Waals surface area contributed by atoms with E-state index >= 15 is 0 Å². The third-order valence-electron chi connectivity index (χ3n) is 4.07. The van der Waals surface area contributed by atoms with Gasteiger partial charge in [-0.05, 0) is 49.6 Å². The lowest BCUT2D eigenvalue weighted by molar-refractivity contribution is 0.160. The quantitative estimate of drug-likeness (QED) is 0.861. The predicted octanol–water partition coefficient (Wildman–Crippen LogP) is 3.58. The van der Waals surface area contributed by atoms with Gasteiger partial charge in [0.05, 0.1) is 13.7 Å². The lowest BCUT2D eigenvalue weighted by Gasteiger charge is -2.29. The van der Waals surface area contributed by atoms with Gasteiger partial charge in [-0.1, -0.05) is 12.1 Å². The van der Waals surface area contributed by atoms with Gasteiger partial charge in [-0.25, -0.2) is 0 Å². The molecule has 112 valence electrons. The Morgan fingerprint density at radius 3 is 2.86 bits per heavy atom. The van der Waals surface area contributed by atoms with Crippen LogP contribution in [0.25, 0.3) is 11.3 Å². The second-order valence-corrected chi connectivity index (χ2v) is 5.89. The summed E-state index contributed by atoms with van der Waals surface area (Å²) < 4.78 is 10.7. The molecule has 3 rings (SSSR count). The topological polar surface area (TPSA) is 38.5 Å². The molecule has 1 fully saturated rings. The molecule has 4 heteroatoms. The molecular formula is C17H22N2O2. The Labute approximate surface area is 125 Å². The second kappa shape index (κ2) is 6.31. The average molecular weight is 286 g/mol. The SMILES string of the molecule is COc1ccc(-c2cc(CN3CCC[C@@H](C)C3)on2)cc1. The predicted molar refractivity (Wildman–Crippen MR) is 82.2 cm³/mol. The molecule has 0 amide bonds. The van der Waals surface area contributed by atoms with Crippen LogP contribution in [0, 0.1) is 5.92 Å². The number of nitrogens with zero attached hydrogens (tertiary/aromatic N) is 2. The Balaban J connectivity index is 1.67. The van der Waals surface area contributed by atoms with Crippen molar-refractivity contribution in [3.63, 3.8) is 0 Å². The Morgan fingerprint density at radius 1 is 1.33 bits per heavy atom. The van der Waals surface area contributed by atoms with Crippen LogP contribution in [0.3, 0.4) is 0 Å². The molecular weight excluding hydrogens is 264 g/mol. The fourth-order valence-electron chi connectivity index (χ4n) is 2.94. The van der Waals surface area contributed by atoms with Gasteiger partial charge in [-0.2, -0.15) is 0 Å². The summed E-state index contributed by atoms with van der Waals surface area (Å²) in [4.78, 5) is 2.45. The summed E-state index contributed by atoms with van der Waals surface area (Å²) in [6, 6.07) is 9.93. The molecule has 21 heavy (non-hydrogen) atoms. The zero-order valence-corrected chi connectivity index (χ0v) is 12.7. The fraction of sp³-hybridized carbons (Fsp3) is 0.471. The number of ether oxygens (including phenoxy) is 1. The van der Waals surface area contributed by atoms with Crippen LogP contribution in [-0.2, 0) is 6.54 Å². The van der Waals surface area contributed by atoms with Gasteiger partial charge in [0.2, 0.25) is 0 Å². The van der Waals surface area contributed by atoms with Crippen molar-refractivity contribution in [2.24, 2.45) is 5.92 Å². The highest BCUT2D eigenvalue weighted by Crippen LogP contribution is 2.24. The largest absolute Gasteiger partial charge is 0.497 e. The lowest BCUT2D eigenvalue weighted by Crippen LogP contribution is -2.33. The fourth-order valence-corrected chi connectivity index (χ4v) is 2.94. The molecule has 0 bridgehead atoms. The minimum absolute atomic E-state index is 0.780. The van der Waals surface area contributed by atoms with Crippen LogP contribution in [0.5, 0.6) is 5.75 Å². The van der Waals surface area contributed by atoms with E-state index in [4.69, 9.17) is 9.26 Å². The average Bonchev–Trinajstić information content (AvgIpc) is 2.96. The maximum Gasteiger partial charge on any atom is 0.151 e. The van der Waals surface area contributed by atoms with Crippen LogP contribution in [0.4, 0.5) is 0 Å². The van der Waals surface area contributed by atoms with Crippen molar-refractivity contribution in [2.75, 3.05) is 20.2 Å². The van der Waals surface area contributed by atoms with E-state index in [0.29, 0.717) is 0 Å². The normalized spacial score (nSPS) is 19.6.